The molecule has 142 valence electrons. The Morgan fingerprint density at radius 1 is 1.14 bits per heavy atom. The molecule has 0 aliphatic carbocycles. The first-order valence-corrected chi connectivity index (χ1v) is 10.4. The second-order valence-electron chi connectivity index (χ2n) is 6.18. The normalized spacial score (nSPS) is 11.1. The molecular formula is C18H17N7OS2. The van der Waals surface area contributed by atoms with Crippen molar-refractivity contribution in [1.82, 2.24) is 29.7 Å². The number of nitrogens with one attached hydrogen (secondary N) is 1. The Bertz CT molecular complexity index is 1150. The van der Waals surface area contributed by atoms with E-state index < -0.39 is 0 Å². The minimum absolute atomic E-state index is 0.154. The topological polar surface area (TPSA) is 98.5 Å². The molecule has 28 heavy (non-hydrogen) atoms. The van der Waals surface area contributed by atoms with Gasteiger partial charge in [0.1, 0.15) is 17.2 Å². The van der Waals surface area contributed by atoms with Crippen molar-refractivity contribution < 1.29 is 4.79 Å². The molecule has 0 saturated heterocycles. The van der Waals surface area contributed by atoms with Crippen LogP contribution in [0.3, 0.4) is 0 Å². The van der Waals surface area contributed by atoms with Crippen molar-refractivity contribution in [2.24, 2.45) is 0 Å². The number of aromatic nitrogens is 6. The summed E-state index contributed by atoms with van der Waals surface area (Å²) >= 11 is 2.95. The van der Waals surface area contributed by atoms with E-state index in [0.29, 0.717) is 11.8 Å². The molecule has 4 aromatic heterocycles. The number of thiophene rings is 1. The molecule has 0 aliphatic rings. The van der Waals surface area contributed by atoms with Crippen LogP contribution in [-0.2, 0) is 4.79 Å². The van der Waals surface area contributed by atoms with E-state index in [0.717, 1.165) is 32.3 Å². The van der Waals surface area contributed by atoms with Crippen molar-refractivity contribution in [3.63, 3.8) is 0 Å². The van der Waals surface area contributed by atoms with Crippen LogP contribution < -0.4 is 5.32 Å². The van der Waals surface area contributed by atoms with Crippen molar-refractivity contribution in [1.29, 1.82) is 0 Å². The lowest BCUT2D eigenvalue weighted by atomic mass is 10.4. The van der Waals surface area contributed by atoms with Gasteiger partial charge in [0.15, 0.2) is 0 Å². The van der Waals surface area contributed by atoms with E-state index in [1.807, 2.05) is 38.3 Å². The average Bonchev–Trinajstić information content (AvgIpc) is 3.25. The fourth-order valence-corrected chi connectivity index (χ4v) is 4.47. The van der Waals surface area contributed by atoms with E-state index in [2.05, 4.69) is 30.4 Å². The van der Waals surface area contributed by atoms with Gasteiger partial charge in [-0.2, -0.15) is 9.78 Å². The second-order valence-corrected chi connectivity index (χ2v) is 8.06. The number of amides is 1. The number of aryl methyl sites for hydroxylation is 3. The minimum Gasteiger partial charge on any atom is -0.310 e. The van der Waals surface area contributed by atoms with E-state index >= 15 is 0 Å². The van der Waals surface area contributed by atoms with Gasteiger partial charge in [0.25, 0.3) is 5.95 Å². The third kappa shape index (κ3) is 3.87. The summed E-state index contributed by atoms with van der Waals surface area (Å²) in [6, 6.07) is 5.63. The Labute approximate surface area is 169 Å². The zero-order chi connectivity index (χ0) is 19.7. The Morgan fingerprint density at radius 3 is 2.71 bits per heavy atom. The number of fused-ring (bicyclic) bond motifs is 1. The summed E-state index contributed by atoms with van der Waals surface area (Å²) < 4.78 is 2.55. The van der Waals surface area contributed by atoms with Crippen molar-refractivity contribution in [3.05, 3.63) is 47.0 Å². The zero-order valence-electron chi connectivity index (χ0n) is 15.5. The Kier molecular flexibility index (Phi) is 5.05. The standard InChI is InChI=1S/C18H17N7OS2/c1-10-6-11(2)22-18(21-10)25-14(7-12(3)24-25)23-15(26)8-28-17-16-13(4-5-27-16)19-9-20-17/h4-7,9H,8H2,1-3H3,(H,23,26). The number of nitrogens with zero attached hydrogens (tertiary/aromatic N) is 6. The first kappa shape index (κ1) is 18.5. The van der Waals surface area contributed by atoms with Crippen LogP contribution in [0.2, 0.25) is 0 Å². The lowest BCUT2D eigenvalue weighted by Crippen LogP contribution is -2.18. The highest BCUT2D eigenvalue weighted by Crippen LogP contribution is 2.28. The van der Waals surface area contributed by atoms with Crippen molar-refractivity contribution in [2.45, 2.75) is 25.8 Å². The second kappa shape index (κ2) is 7.64. The Hall–Kier alpha value is -2.85. The summed E-state index contributed by atoms with van der Waals surface area (Å²) in [6.07, 6.45) is 1.52. The molecule has 0 unspecified atom stereocenters. The van der Waals surface area contributed by atoms with E-state index in [4.69, 9.17) is 0 Å². The lowest BCUT2D eigenvalue weighted by Gasteiger charge is -2.09. The summed E-state index contributed by atoms with van der Waals surface area (Å²) in [6.45, 7) is 5.66. The third-order valence-electron chi connectivity index (χ3n) is 3.81. The quantitative estimate of drug-likeness (QED) is 0.397. The number of carbonyl (C=O) groups is 1. The largest absolute Gasteiger partial charge is 0.310 e. The molecule has 4 heterocycles. The number of hydrogen-bond acceptors (Lipinski definition) is 8. The maximum Gasteiger partial charge on any atom is 0.252 e. The van der Waals surface area contributed by atoms with E-state index in [9.17, 15) is 4.79 Å². The summed E-state index contributed by atoms with van der Waals surface area (Å²) in [5.74, 6) is 1.04. The smallest absolute Gasteiger partial charge is 0.252 e. The molecule has 0 atom stereocenters. The molecule has 8 nitrogen and oxygen atoms in total. The molecule has 0 saturated carbocycles. The molecule has 1 N–H and O–H groups in total. The maximum absolute atomic E-state index is 12.5. The number of anilines is 1. The number of thioether (sulfide) groups is 1. The van der Waals surface area contributed by atoms with Crippen molar-refractivity contribution in [2.75, 3.05) is 11.1 Å². The van der Waals surface area contributed by atoms with Crippen LogP contribution in [0.5, 0.6) is 0 Å². The van der Waals surface area contributed by atoms with Gasteiger partial charge in [0.2, 0.25) is 5.91 Å². The summed E-state index contributed by atoms with van der Waals surface area (Å²) in [5, 5.41) is 10.1. The molecule has 0 fully saturated rings. The Balaban J connectivity index is 1.51. The minimum atomic E-state index is -0.154. The van der Waals surface area contributed by atoms with Gasteiger partial charge >= 0.3 is 0 Å². The molecule has 0 radical (unpaired) electrons. The Morgan fingerprint density at radius 2 is 1.93 bits per heavy atom. The maximum atomic E-state index is 12.5. The molecule has 0 aliphatic heterocycles. The SMILES string of the molecule is Cc1cc(C)nc(-n2nc(C)cc2NC(=O)CSc2ncnc3ccsc23)n1. The lowest BCUT2D eigenvalue weighted by molar-refractivity contribution is -0.113. The van der Waals surface area contributed by atoms with Crippen LogP contribution in [-0.4, -0.2) is 41.4 Å². The van der Waals surface area contributed by atoms with Crippen LogP contribution >= 0.6 is 23.1 Å². The number of carbonyl (C=O) groups excluding carboxylic acids is 1. The predicted molar refractivity (Wildman–Crippen MR) is 110 cm³/mol. The highest BCUT2D eigenvalue weighted by atomic mass is 32.2. The van der Waals surface area contributed by atoms with Gasteiger partial charge in [-0.25, -0.2) is 19.9 Å². The van der Waals surface area contributed by atoms with Crippen molar-refractivity contribution in [3.8, 4) is 5.95 Å². The fraction of sp³-hybridized carbons (Fsp3) is 0.222. The molecule has 0 spiro atoms. The van der Waals surface area contributed by atoms with Crippen LogP contribution in [0, 0.1) is 20.8 Å². The molecule has 10 heteroatoms. The van der Waals surface area contributed by atoms with Crippen LogP contribution in [0.4, 0.5) is 5.82 Å². The average molecular weight is 412 g/mol. The molecule has 0 aromatic carbocycles. The molecule has 4 rings (SSSR count). The van der Waals surface area contributed by atoms with Crippen LogP contribution in [0.25, 0.3) is 16.2 Å². The van der Waals surface area contributed by atoms with Crippen LogP contribution in [0.15, 0.2) is 34.9 Å². The van der Waals surface area contributed by atoms with Crippen LogP contribution in [0.1, 0.15) is 17.1 Å². The van der Waals surface area contributed by atoms with Gasteiger partial charge in [0, 0.05) is 17.5 Å². The molecule has 4 aromatic rings. The van der Waals surface area contributed by atoms with Gasteiger partial charge < -0.3 is 5.32 Å². The van der Waals surface area contributed by atoms with E-state index in [1.165, 1.54) is 18.1 Å². The van der Waals surface area contributed by atoms with Gasteiger partial charge in [-0.15, -0.1) is 11.3 Å². The molecule has 0 bridgehead atoms. The van der Waals surface area contributed by atoms with Gasteiger partial charge in [-0.1, -0.05) is 11.8 Å². The molecular weight excluding hydrogens is 394 g/mol. The number of rotatable bonds is 5. The third-order valence-corrected chi connectivity index (χ3v) is 5.84. The highest BCUT2D eigenvalue weighted by Gasteiger charge is 2.15. The number of hydrogen-bond donors (Lipinski definition) is 1. The van der Waals surface area contributed by atoms with Gasteiger partial charge in [0.05, 0.1) is 21.7 Å². The summed E-state index contributed by atoms with van der Waals surface area (Å²) in [5.41, 5.74) is 3.34. The fourth-order valence-electron chi connectivity index (χ4n) is 2.72. The monoisotopic (exact) mass is 411 g/mol. The first-order valence-electron chi connectivity index (χ1n) is 8.50. The van der Waals surface area contributed by atoms with Gasteiger partial charge in [-0.3, -0.25) is 4.79 Å². The van der Waals surface area contributed by atoms with Crippen molar-refractivity contribution >= 4 is 45.0 Å². The molecule has 1 amide bonds. The first-order chi connectivity index (χ1) is 13.5. The predicted octanol–water partition coefficient (Wildman–Crippen LogP) is 3.32. The summed E-state index contributed by atoms with van der Waals surface area (Å²) in [4.78, 5) is 29.9. The van der Waals surface area contributed by atoms with Gasteiger partial charge in [-0.05, 0) is 38.3 Å². The van der Waals surface area contributed by atoms with E-state index in [1.54, 1.807) is 22.1 Å². The van der Waals surface area contributed by atoms with E-state index in [-0.39, 0.29) is 11.7 Å². The highest BCUT2D eigenvalue weighted by molar-refractivity contribution is 8.00. The zero-order valence-corrected chi connectivity index (χ0v) is 17.1. The summed E-state index contributed by atoms with van der Waals surface area (Å²) in [7, 11) is 0.